The van der Waals surface area contributed by atoms with Crippen molar-refractivity contribution < 1.29 is 58.7 Å². The van der Waals surface area contributed by atoms with Crippen LogP contribution in [-0.2, 0) is 33.2 Å². The maximum absolute atomic E-state index is 12.9. The van der Waals surface area contributed by atoms with Crippen LogP contribution in [0.25, 0.3) is 0 Å². The fourth-order valence-electron chi connectivity index (χ4n) is 6.19. The summed E-state index contributed by atoms with van der Waals surface area (Å²) in [6.07, 6.45) is -8.15. The Labute approximate surface area is 241 Å². The zero-order valence-corrected chi connectivity index (χ0v) is 24.5. The van der Waals surface area contributed by atoms with Crippen LogP contribution in [-0.4, -0.2) is 143 Å². The molecular weight excluding hydrogens is 542 g/mol. The first-order valence-corrected chi connectivity index (χ1v) is 15.0. The fourth-order valence-corrected chi connectivity index (χ4v) is 6.19. The highest BCUT2D eigenvalue weighted by atomic mass is 16.7. The third-order valence-corrected chi connectivity index (χ3v) is 8.74. The van der Waals surface area contributed by atoms with Gasteiger partial charge in [-0.25, -0.2) is 0 Å². The van der Waals surface area contributed by atoms with E-state index >= 15 is 0 Å². The molecule has 3 saturated heterocycles. The van der Waals surface area contributed by atoms with E-state index in [9.17, 15) is 30.3 Å². The van der Waals surface area contributed by atoms with E-state index in [2.05, 4.69) is 0 Å². The second kappa shape index (κ2) is 14.7. The number of amides is 1. The summed E-state index contributed by atoms with van der Waals surface area (Å²) >= 11 is 0. The summed E-state index contributed by atoms with van der Waals surface area (Å²) in [6, 6.07) is 0. The van der Waals surface area contributed by atoms with Gasteiger partial charge in [-0.05, 0) is 38.5 Å². The summed E-state index contributed by atoms with van der Waals surface area (Å²) in [5.74, 6) is -0.228. The molecule has 4 aliphatic rings. The molecule has 4 rings (SSSR count). The van der Waals surface area contributed by atoms with E-state index in [1.165, 1.54) is 4.90 Å². The molecule has 0 aromatic carbocycles. The first kappa shape index (κ1) is 32.9. The molecule has 0 spiro atoms. The van der Waals surface area contributed by atoms with Crippen molar-refractivity contribution in [2.45, 2.75) is 139 Å². The van der Waals surface area contributed by atoms with Gasteiger partial charge in [-0.2, -0.15) is 0 Å². The molecule has 4 fully saturated rings. The number of aliphatic hydroxyl groups is 5. The number of aliphatic hydroxyl groups excluding tert-OH is 5. The average molecular weight is 592 g/mol. The van der Waals surface area contributed by atoms with Crippen LogP contribution >= 0.6 is 0 Å². The quantitative estimate of drug-likeness (QED) is 0.263. The second-order valence-corrected chi connectivity index (χ2v) is 12.1. The summed E-state index contributed by atoms with van der Waals surface area (Å²) < 4.78 is 36.9. The molecular formula is C28H49NO12. The molecule has 0 bridgehead atoms. The smallest absolute Gasteiger partial charge is 0.251 e. The number of hydrogen-bond acceptors (Lipinski definition) is 12. The molecule has 1 amide bonds. The Kier molecular flexibility index (Phi) is 11.8. The van der Waals surface area contributed by atoms with Gasteiger partial charge in [0.15, 0.2) is 12.6 Å². The first-order chi connectivity index (χ1) is 19.5. The van der Waals surface area contributed by atoms with Crippen molar-refractivity contribution in [3.05, 3.63) is 0 Å². The predicted octanol–water partition coefficient (Wildman–Crippen LogP) is -0.716. The van der Waals surface area contributed by atoms with Gasteiger partial charge in [-0.15, -0.1) is 0 Å². The molecule has 3 aliphatic heterocycles. The van der Waals surface area contributed by atoms with Gasteiger partial charge in [-0.3, -0.25) is 4.79 Å². The molecule has 6 unspecified atom stereocenters. The molecule has 3 heterocycles. The van der Waals surface area contributed by atoms with Crippen molar-refractivity contribution in [2.24, 2.45) is 5.92 Å². The summed E-state index contributed by atoms with van der Waals surface area (Å²) in [4.78, 5) is 14.4. The van der Waals surface area contributed by atoms with E-state index in [-0.39, 0.29) is 11.8 Å². The summed E-state index contributed by atoms with van der Waals surface area (Å²) in [5, 5.41) is 52.1. The van der Waals surface area contributed by atoms with E-state index in [1.807, 2.05) is 6.92 Å². The van der Waals surface area contributed by atoms with Crippen molar-refractivity contribution >= 4 is 5.91 Å². The van der Waals surface area contributed by atoms with E-state index in [1.54, 1.807) is 21.0 Å². The van der Waals surface area contributed by atoms with Gasteiger partial charge < -0.3 is 58.9 Å². The van der Waals surface area contributed by atoms with Gasteiger partial charge in [-0.1, -0.05) is 26.2 Å². The molecule has 13 heteroatoms. The minimum atomic E-state index is -1.46. The maximum atomic E-state index is 12.9. The molecule has 1 aliphatic carbocycles. The molecule has 5 N–H and O–H groups in total. The van der Waals surface area contributed by atoms with Gasteiger partial charge in [0.1, 0.15) is 48.8 Å². The molecule has 13 nitrogen and oxygen atoms in total. The number of nitrogens with zero attached hydrogens (tertiary/aromatic N) is 1. The van der Waals surface area contributed by atoms with Crippen LogP contribution in [0.1, 0.15) is 58.8 Å². The molecule has 238 valence electrons. The van der Waals surface area contributed by atoms with Crippen molar-refractivity contribution in [3.63, 3.8) is 0 Å². The van der Waals surface area contributed by atoms with Crippen LogP contribution in [0.15, 0.2) is 0 Å². The van der Waals surface area contributed by atoms with Gasteiger partial charge in [0.25, 0.3) is 5.91 Å². The molecule has 0 radical (unpaired) electrons. The largest absolute Gasteiger partial charge is 0.394 e. The SMILES string of the molecule is CC1O[C@@H](OC2[C@H](C)CCC[C@H]2O[C@@H]2OC(CO)[C@H](O)C3O[C@@H](C(=O)N(C)C)CCCCCOC32)[C@@H](O)C(O)[C@@H]1O. The second-order valence-electron chi connectivity index (χ2n) is 12.1. The standard InChI is InChI=1S/C28H49NO12/c1-14-9-8-11-16(23(14)41-27-22(34)21(33)19(31)15(2)37-27)39-28-25-24(20(32)18(13-30)40-28)38-17(26(35)29(3)4)10-6-5-7-12-36-25/h14-25,27-28,30-34H,5-13H2,1-4H3/t14-,15?,16-,17-,18?,19-,20+,21?,22+,23?,24?,25?,27+,28-/m1/s1. The van der Waals surface area contributed by atoms with Crippen LogP contribution in [0, 0.1) is 5.92 Å². The number of carbonyl (C=O) groups is 1. The highest BCUT2D eigenvalue weighted by Crippen LogP contribution is 2.36. The lowest BCUT2D eigenvalue weighted by Crippen LogP contribution is -2.63. The highest BCUT2D eigenvalue weighted by Gasteiger charge is 2.51. The third kappa shape index (κ3) is 7.58. The lowest BCUT2D eigenvalue weighted by Gasteiger charge is -2.48. The van der Waals surface area contributed by atoms with Gasteiger partial charge >= 0.3 is 0 Å². The lowest BCUT2D eigenvalue weighted by molar-refractivity contribution is -0.352. The molecule has 41 heavy (non-hydrogen) atoms. The van der Waals surface area contributed by atoms with Crippen molar-refractivity contribution in [3.8, 4) is 0 Å². The predicted molar refractivity (Wildman–Crippen MR) is 142 cm³/mol. The molecule has 1 saturated carbocycles. The van der Waals surface area contributed by atoms with Crippen LogP contribution in [0.2, 0.25) is 0 Å². The zero-order valence-electron chi connectivity index (χ0n) is 24.5. The van der Waals surface area contributed by atoms with E-state index < -0.39 is 86.3 Å². The Hall–Kier alpha value is -0.970. The number of ether oxygens (including phenoxy) is 6. The normalized spacial score (nSPS) is 46.4. The van der Waals surface area contributed by atoms with Crippen LogP contribution in [0.5, 0.6) is 0 Å². The topological polar surface area (TPSA) is 177 Å². The summed E-state index contributed by atoms with van der Waals surface area (Å²) in [7, 11) is 3.30. The minimum absolute atomic E-state index is 0.00854. The van der Waals surface area contributed by atoms with Gasteiger partial charge in [0.2, 0.25) is 0 Å². The number of hydrogen-bond donors (Lipinski definition) is 5. The Bertz CT molecular complexity index is 834. The third-order valence-electron chi connectivity index (χ3n) is 8.74. The van der Waals surface area contributed by atoms with Crippen LogP contribution in [0.4, 0.5) is 0 Å². The summed E-state index contributed by atoms with van der Waals surface area (Å²) in [6.45, 7) is 3.46. The van der Waals surface area contributed by atoms with Crippen LogP contribution in [0.3, 0.4) is 0 Å². The number of rotatable bonds is 6. The number of likely N-dealkylation sites (N-methyl/N-ethyl adjacent to an activating group) is 1. The number of carbonyl (C=O) groups excluding carboxylic acids is 1. The monoisotopic (exact) mass is 591 g/mol. The Morgan fingerprint density at radius 2 is 1.56 bits per heavy atom. The maximum Gasteiger partial charge on any atom is 0.251 e. The highest BCUT2D eigenvalue weighted by molar-refractivity contribution is 5.80. The minimum Gasteiger partial charge on any atom is -0.394 e. The summed E-state index contributed by atoms with van der Waals surface area (Å²) in [5.41, 5.74) is 0. The van der Waals surface area contributed by atoms with E-state index in [0.717, 1.165) is 32.1 Å². The van der Waals surface area contributed by atoms with Crippen molar-refractivity contribution in [1.29, 1.82) is 0 Å². The van der Waals surface area contributed by atoms with Crippen molar-refractivity contribution in [1.82, 2.24) is 4.90 Å². The number of fused-ring (bicyclic) bond motifs is 1. The average Bonchev–Trinajstić information content (AvgIpc) is 2.95. The molecule has 14 atom stereocenters. The lowest BCUT2D eigenvalue weighted by atomic mass is 9.85. The van der Waals surface area contributed by atoms with Gasteiger partial charge in [0, 0.05) is 20.7 Å². The van der Waals surface area contributed by atoms with Gasteiger partial charge in [0.05, 0.1) is 24.9 Å². The fraction of sp³-hybridized carbons (Fsp3) is 0.964. The Morgan fingerprint density at radius 1 is 0.805 bits per heavy atom. The van der Waals surface area contributed by atoms with E-state index in [0.29, 0.717) is 19.4 Å². The molecule has 0 aromatic heterocycles. The van der Waals surface area contributed by atoms with E-state index in [4.69, 9.17) is 28.4 Å². The molecule has 0 aromatic rings. The van der Waals surface area contributed by atoms with Crippen LogP contribution < -0.4 is 0 Å². The zero-order chi connectivity index (χ0) is 29.8. The van der Waals surface area contributed by atoms with Crippen molar-refractivity contribution in [2.75, 3.05) is 27.3 Å². The Balaban J connectivity index is 1.56. The first-order valence-electron chi connectivity index (χ1n) is 15.0. The Morgan fingerprint density at radius 3 is 2.27 bits per heavy atom.